The molecule has 0 atom stereocenters. The molecule has 0 aliphatic rings. The van der Waals surface area contributed by atoms with Crippen molar-refractivity contribution in [2.45, 2.75) is 59.5 Å². The second kappa shape index (κ2) is 12.8. The summed E-state index contributed by atoms with van der Waals surface area (Å²) in [5.41, 5.74) is 1.000. The van der Waals surface area contributed by atoms with Gasteiger partial charge in [0.05, 0.1) is 12.2 Å². The lowest BCUT2D eigenvalue weighted by atomic mass is 10.1. The number of ether oxygens (including phenoxy) is 2. The number of nitrogens with zero attached hydrogens (tertiary/aromatic N) is 3. The van der Waals surface area contributed by atoms with Crippen molar-refractivity contribution in [2.24, 2.45) is 0 Å². The molecular formula is C26H31F2N5O5S. The lowest BCUT2D eigenvalue weighted by Crippen LogP contribution is -2.37. The minimum absolute atomic E-state index is 0.00562. The summed E-state index contributed by atoms with van der Waals surface area (Å²) in [5.74, 6) is -2.35. The van der Waals surface area contributed by atoms with Crippen molar-refractivity contribution in [3.63, 3.8) is 0 Å². The van der Waals surface area contributed by atoms with Crippen LogP contribution in [0.1, 0.15) is 68.5 Å². The molecule has 1 aromatic carbocycles. The number of aromatic nitrogens is 3. The van der Waals surface area contributed by atoms with Crippen molar-refractivity contribution in [1.82, 2.24) is 20.2 Å². The highest BCUT2D eigenvalue weighted by Crippen LogP contribution is 2.27. The number of amides is 2. The Labute approximate surface area is 228 Å². The van der Waals surface area contributed by atoms with Crippen molar-refractivity contribution >= 4 is 23.3 Å². The highest BCUT2D eigenvalue weighted by molar-refractivity contribution is 7.14. The molecule has 39 heavy (non-hydrogen) atoms. The van der Waals surface area contributed by atoms with E-state index >= 15 is 0 Å². The first kappa shape index (κ1) is 29.7. The molecule has 0 spiro atoms. The maximum atomic E-state index is 14.2. The van der Waals surface area contributed by atoms with E-state index in [1.165, 1.54) is 12.3 Å². The fraction of sp³-hybridized carbons (Fsp3) is 0.423. The number of carbonyl (C=O) groups excluding carboxylic acids is 2. The number of hydrogen-bond donors (Lipinski definition) is 2. The van der Waals surface area contributed by atoms with Gasteiger partial charge in [-0.2, -0.15) is 0 Å². The Bertz CT molecular complexity index is 1400. The molecule has 10 nitrogen and oxygen atoms in total. The normalized spacial score (nSPS) is 11.3. The fourth-order valence-corrected chi connectivity index (χ4v) is 4.27. The summed E-state index contributed by atoms with van der Waals surface area (Å²) in [6.45, 7) is 9.11. The number of rotatable bonds is 10. The van der Waals surface area contributed by atoms with Crippen LogP contribution in [0.5, 0.6) is 5.75 Å². The van der Waals surface area contributed by atoms with Gasteiger partial charge in [-0.05, 0) is 45.7 Å². The zero-order valence-electron chi connectivity index (χ0n) is 22.4. The van der Waals surface area contributed by atoms with Gasteiger partial charge in [0, 0.05) is 25.2 Å². The number of nitrogens with one attached hydrogen (secondary N) is 2. The maximum absolute atomic E-state index is 14.2. The summed E-state index contributed by atoms with van der Waals surface area (Å²) in [6, 6.07) is 3.23. The van der Waals surface area contributed by atoms with Crippen molar-refractivity contribution in [2.75, 3.05) is 18.6 Å². The van der Waals surface area contributed by atoms with E-state index < -0.39 is 34.7 Å². The predicted octanol–water partition coefficient (Wildman–Crippen LogP) is 4.64. The number of unbranched alkanes of at least 4 members (excludes halogenated alkanes) is 1. The summed E-state index contributed by atoms with van der Waals surface area (Å²) in [6.07, 6.45) is 1.79. The first-order chi connectivity index (χ1) is 18.4. The Morgan fingerprint density at radius 1 is 1.15 bits per heavy atom. The average Bonchev–Trinajstić information content (AvgIpc) is 3.30. The quantitative estimate of drug-likeness (QED) is 0.344. The second-order valence-corrected chi connectivity index (χ2v) is 10.6. The summed E-state index contributed by atoms with van der Waals surface area (Å²) >= 11 is 1.01. The van der Waals surface area contributed by atoms with Crippen LogP contribution in [0.3, 0.4) is 0 Å². The van der Waals surface area contributed by atoms with Crippen LogP contribution in [0.2, 0.25) is 0 Å². The topological polar surface area (TPSA) is 124 Å². The number of pyridine rings is 1. The van der Waals surface area contributed by atoms with Crippen LogP contribution >= 0.6 is 11.3 Å². The lowest BCUT2D eigenvalue weighted by molar-refractivity contribution is 0.0612. The fourth-order valence-electron chi connectivity index (χ4n) is 3.40. The molecule has 0 aliphatic carbocycles. The molecule has 0 saturated carbocycles. The average molecular weight is 564 g/mol. The maximum Gasteiger partial charge on any atom is 0.426 e. The van der Waals surface area contributed by atoms with E-state index in [-0.39, 0.29) is 47.2 Å². The molecule has 2 aromatic heterocycles. The van der Waals surface area contributed by atoms with Crippen LogP contribution in [0.4, 0.5) is 13.6 Å². The molecule has 210 valence electrons. The Hall–Kier alpha value is -3.87. The molecule has 2 amide bonds. The summed E-state index contributed by atoms with van der Waals surface area (Å²) < 4.78 is 39.6. The molecule has 2 heterocycles. The third-order valence-electron chi connectivity index (χ3n) is 5.13. The minimum atomic E-state index is -0.869. The van der Waals surface area contributed by atoms with Crippen molar-refractivity contribution in [1.29, 1.82) is 0 Å². The highest BCUT2D eigenvalue weighted by atomic mass is 32.1. The molecule has 0 aliphatic heterocycles. The van der Waals surface area contributed by atoms with Gasteiger partial charge >= 0.3 is 6.09 Å². The van der Waals surface area contributed by atoms with Gasteiger partial charge in [0.2, 0.25) is 5.43 Å². The standard InChI is InChI=1S/C26H31F2N5O5S/c1-6-8-11-37-22-20(23(35)29-7-2)33(32-25(36)38-26(3,4)5)14-17(21(22)34)24-31-30-19(39-24)12-15-9-10-16(27)13-18(15)28/h9-10,13-14H,6-8,11-12H2,1-5H3,(H,29,35)(H,32,36). The van der Waals surface area contributed by atoms with Crippen molar-refractivity contribution < 1.29 is 27.8 Å². The third-order valence-corrected chi connectivity index (χ3v) is 6.08. The molecule has 0 unspecified atom stereocenters. The molecule has 0 saturated heterocycles. The molecule has 0 radical (unpaired) electrons. The summed E-state index contributed by atoms with van der Waals surface area (Å²) in [7, 11) is 0. The number of benzene rings is 1. The number of halogens is 2. The molecule has 3 rings (SSSR count). The smallest absolute Gasteiger partial charge is 0.426 e. The lowest BCUT2D eigenvalue weighted by Gasteiger charge is -2.22. The van der Waals surface area contributed by atoms with Gasteiger partial charge in [0.1, 0.15) is 22.2 Å². The number of hydrogen-bond acceptors (Lipinski definition) is 8. The highest BCUT2D eigenvalue weighted by Gasteiger charge is 2.27. The van der Waals surface area contributed by atoms with E-state index in [1.54, 1.807) is 27.7 Å². The van der Waals surface area contributed by atoms with E-state index in [4.69, 9.17) is 9.47 Å². The van der Waals surface area contributed by atoms with Gasteiger partial charge in [-0.25, -0.2) is 23.7 Å². The molecule has 0 fully saturated rings. The minimum Gasteiger partial charge on any atom is -0.487 e. The number of carbonyl (C=O) groups is 2. The van der Waals surface area contributed by atoms with Gasteiger partial charge in [0.25, 0.3) is 5.91 Å². The van der Waals surface area contributed by atoms with Crippen LogP contribution in [-0.4, -0.2) is 45.6 Å². The largest absolute Gasteiger partial charge is 0.487 e. The Morgan fingerprint density at radius 3 is 2.54 bits per heavy atom. The van der Waals surface area contributed by atoms with Gasteiger partial charge in [-0.3, -0.25) is 9.59 Å². The first-order valence-corrected chi connectivity index (χ1v) is 13.2. The second-order valence-electron chi connectivity index (χ2n) is 9.51. The zero-order chi connectivity index (χ0) is 28.7. The van der Waals surface area contributed by atoms with Crippen LogP contribution < -0.4 is 20.9 Å². The molecule has 2 N–H and O–H groups in total. The van der Waals surface area contributed by atoms with Crippen LogP contribution in [-0.2, 0) is 11.2 Å². The molecule has 13 heteroatoms. The van der Waals surface area contributed by atoms with E-state index in [1.807, 2.05) is 6.92 Å². The van der Waals surface area contributed by atoms with Gasteiger partial charge < -0.3 is 14.8 Å². The SMILES string of the molecule is CCCCOc1c(C(=O)NCC)n(NC(=O)OC(C)(C)C)cc(-c2nnc(Cc3ccc(F)cc3F)s2)c1=O. The summed E-state index contributed by atoms with van der Waals surface area (Å²) in [5, 5.41) is 11.3. The molecular weight excluding hydrogens is 532 g/mol. The Kier molecular flexibility index (Phi) is 9.73. The van der Waals surface area contributed by atoms with Crippen LogP contribution in [0.15, 0.2) is 29.2 Å². The van der Waals surface area contributed by atoms with Crippen molar-refractivity contribution in [3.8, 4) is 16.3 Å². The summed E-state index contributed by atoms with van der Waals surface area (Å²) in [4.78, 5) is 39.2. The zero-order valence-corrected chi connectivity index (χ0v) is 23.2. The predicted molar refractivity (Wildman–Crippen MR) is 143 cm³/mol. The van der Waals surface area contributed by atoms with Gasteiger partial charge in [-0.15, -0.1) is 10.2 Å². The van der Waals surface area contributed by atoms with E-state index in [2.05, 4.69) is 20.9 Å². The van der Waals surface area contributed by atoms with E-state index in [0.29, 0.717) is 11.4 Å². The van der Waals surface area contributed by atoms with E-state index in [0.717, 1.165) is 34.6 Å². The van der Waals surface area contributed by atoms with Crippen LogP contribution in [0, 0.1) is 11.6 Å². The Morgan fingerprint density at radius 2 is 1.90 bits per heavy atom. The first-order valence-electron chi connectivity index (χ1n) is 12.4. The molecule has 0 bridgehead atoms. The molecule has 3 aromatic rings. The Balaban J connectivity index is 2.11. The van der Waals surface area contributed by atoms with E-state index in [9.17, 15) is 23.2 Å². The van der Waals surface area contributed by atoms with Gasteiger partial charge in [-0.1, -0.05) is 30.7 Å². The van der Waals surface area contributed by atoms with Crippen LogP contribution in [0.25, 0.3) is 10.6 Å². The third kappa shape index (κ3) is 7.82. The monoisotopic (exact) mass is 563 g/mol. The van der Waals surface area contributed by atoms with Gasteiger partial charge in [0.15, 0.2) is 16.5 Å². The van der Waals surface area contributed by atoms with Crippen molar-refractivity contribution in [3.05, 3.63) is 62.5 Å².